The third-order valence-electron chi connectivity index (χ3n) is 4.02. The number of halogens is 1. The maximum atomic E-state index is 12.7. The van der Waals surface area contributed by atoms with Crippen LogP contribution >= 0.6 is 22.9 Å². The minimum Gasteiger partial charge on any atom is -0.504 e. The van der Waals surface area contributed by atoms with Crippen LogP contribution in [0, 0.1) is 0 Å². The number of aromatic hydroxyl groups is 1. The van der Waals surface area contributed by atoms with Gasteiger partial charge in [0, 0.05) is 4.88 Å². The zero-order valence-corrected chi connectivity index (χ0v) is 17.9. The first-order valence-electron chi connectivity index (χ1n) is 8.99. The summed E-state index contributed by atoms with van der Waals surface area (Å²) in [5, 5.41) is 18.3. The molecule has 2 amide bonds. The second-order valence-electron chi connectivity index (χ2n) is 6.14. The number of hydrazone groups is 1. The molecule has 0 unspecified atom stereocenters. The van der Waals surface area contributed by atoms with E-state index >= 15 is 0 Å². The second kappa shape index (κ2) is 10.4. The maximum Gasteiger partial charge on any atom is 0.287 e. The molecular weight excluding hydrogens is 438 g/mol. The molecule has 1 heterocycles. The largest absolute Gasteiger partial charge is 0.504 e. The van der Waals surface area contributed by atoms with Crippen molar-refractivity contribution in [3.05, 3.63) is 86.7 Å². The number of phenolic OH excluding ortho intramolecular Hbond substituents is 1. The van der Waals surface area contributed by atoms with Crippen LogP contribution in [0.4, 0.5) is 0 Å². The fourth-order valence-corrected chi connectivity index (χ4v) is 3.39. The molecule has 0 aliphatic rings. The predicted octanol–water partition coefficient (Wildman–Crippen LogP) is 4.04. The molecular formula is C22H18ClN3O4S. The Morgan fingerprint density at radius 1 is 1.16 bits per heavy atom. The van der Waals surface area contributed by atoms with Gasteiger partial charge in [-0.2, -0.15) is 5.10 Å². The summed E-state index contributed by atoms with van der Waals surface area (Å²) in [5.74, 6) is -0.862. The van der Waals surface area contributed by atoms with Gasteiger partial charge in [0.25, 0.3) is 11.8 Å². The maximum absolute atomic E-state index is 12.7. The molecule has 0 aliphatic carbocycles. The highest BCUT2D eigenvalue weighted by Gasteiger charge is 2.16. The second-order valence-corrected chi connectivity index (χ2v) is 7.52. The van der Waals surface area contributed by atoms with Crippen molar-refractivity contribution in [3.63, 3.8) is 0 Å². The summed E-state index contributed by atoms with van der Waals surface area (Å²) in [6.45, 7) is 0. The zero-order valence-electron chi connectivity index (χ0n) is 16.3. The van der Waals surface area contributed by atoms with E-state index in [0.717, 1.165) is 4.88 Å². The van der Waals surface area contributed by atoms with E-state index in [2.05, 4.69) is 15.8 Å². The number of nitrogens with one attached hydrogen (secondary N) is 2. The highest BCUT2D eigenvalue weighted by molar-refractivity contribution is 7.10. The van der Waals surface area contributed by atoms with Crippen LogP contribution in [-0.2, 0) is 4.79 Å². The molecule has 31 heavy (non-hydrogen) atoms. The minimum atomic E-state index is -0.615. The van der Waals surface area contributed by atoms with E-state index in [4.69, 9.17) is 16.3 Å². The SMILES string of the molecule is COc1cc(C=NNC(=O)/C(=C\c2cccs2)NC(=O)c2ccccc2Cl)ccc1O. The van der Waals surface area contributed by atoms with Gasteiger partial charge in [0.1, 0.15) is 5.70 Å². The number of phenols is 1. The average molecular weight is 456 g/mol. The van der Waals surface area contributed by atoms with Gasteiger partial charge in [0.15, 0.2) is 11.5 Å². The Bertz CT molecular complexity index is 1140. The van der Waals surface area contributed by atoms with Crippen molar-refractivity contribution in [3.8, 4) is 11.5 Å². The molecule has 0 aliphatic heterocycles. The minimum absolute atomic E-state index is 0.00723. The lowest BCUT2D eigenvalue weighted by Gasteiger charge is -2.09. The van der Waals surface area contributed by atoms with Crippen molar-refractivity contribution < 1.29 is 19.4 Å². The first-order valence-corrected chi connectivity index (χ1v) is 10.2. The lowest BCUT2D eigenvalue weighted by molar-refractivity contribution is -0.117. The smallest absolute Gasteiger partial charge is 0.287 e. The highest BCUT2D eigenvalue weighted by atomic mass is 35.5. The number of benzene rings is 2. The van der Waals surface area contributed by atoms with Crippen molar-refractivity contribution >= 4 is 47.0 Å². The number of carbonyl (C=O) groups is 2. The molecule has 2 aromatic carbocycles. The molecule has 0 saturated carbocycles. The van der Waals surface area contributed by atoms with Gasteiger partial charge >= 0.3 is 0 Å². The molecule has 158 valence electrons. The van der Waals surface area contributed by atoms with E-state index in [1.165, 1.54) is 30.7 Å². The van der Waals surface area contributed by atoms with E-state index in [9.17, 15) is 14.7 Å². The highest BCUT2D eigenvalue weighted by Crippen LogP contribution is 2.25. The summed E-state index contributed by atoms with van der Waals surface area (Å²) in [5.41, 5.74) is 3.23. The Morgan fingerprint density at radius 2 is 1.97 bits per heavy atom. The van der Waals surface area contributed by atoms with E-state index in [1.54, 1.807) is 42.5 Å². The first kappa shape index (κ1) is 22.1. The van der Waals surface area contributed by atoms with Crippen LogP contribution in [-0.4, -0.2) is 30.2 Å². The van der Waals surface area contributed by atoms with Crippen LogP contribution in [0.1, 0.15) is 20.8 Å². The number of hydrogen-bond acceptors (Lipinski definition) is 6. The number of carbonyl (C=O) groups excluding carboxylic acids is 2. The number of methoxy groups -OCH3 is 1. The first-order chi connectivity index (χ1) is 15.0. The van der Waals surface area contributed by atoms with E-state index in [0.29, 0.717) is 5.56 Å². The Labute approximate surface area is 187 Å². The third kappa shape index (κ3) is 5.94. The molecule has 0 spiro atoms. The van der Waals surface area contributed by atoms with Gasteiger partial charge in [-0.05, 0) is 53.4 Å². The monoisotopic (exact) mass is 455 g/mol. The van der Waals surface area contributed by atoms with Gasteiger partial charge in [0.2, 0.25) is 0 Å². The van der Waals surface area contributed by atoms with Crippen LogP contribution in [0.15, 0.2) is 70.8 Å². The normalized spacial score (nSPS) is 11.4. The van der Waals surface area contributed by atoms with Gasteiger partial charge in [-0.3, -0.25) is 9.59 Å². The molecule has 0 bridgehead atoms. The molecule has 0 saturated heterocycles. The van der Waals surface area contributed by atoms with Gasteiger partial charge < -0.3 is 15.2 Å². The standard InChI is InChI=1S/C22H18ClN3O4S/c1-30-20-11-14(8-9-19(20)27)13-24-26-22(29)18(12-15-5-4-10-31-15)25-21(28)16-6-2-3-7-17(16)23/h2-13,27H,1H3,(H,25,28)(H,26,29)/b18-12+,24-13?. The Hall–Kier alpha value is -3.62. The molecule has 3 rings (SSSR count). The summed E-state index contributed by atoms with van der Waals surface area (Å²) in [4.78, 5) is 26.1. The van der Waals surface area contributed by atoms with Crippen LogP contribution in [0.2, 0.25) is 5.02 Å². The van der Waals surface area contributed by atoms with Gasteiger partial charge in [-0.15, -0.1) is 11.3 Å². The Balaban J connectivity index is 1.77. The van der Waals surface area contributed by atoms with E-state index in [1.807, 2.05) is 17.5 Å². The molecule has 7 nitrogen and oxygen atoms in total. The number of thiophene rings is 1. The van der Waals surface area contributed by atoms with Crippen molar-refractivity contribution in [2.75, 3.05) is 7.11 Å². The number of amides is 2. The fraction of sp³-hybridized carbons (Fsp3) is 0.0455. The third-order valence-corrected chi connectivity index (χ3v) is 5.17. The van der Waals surface area contributed by atoms with Crippen LogP contribution in [0.25, 0.3) is 6.08 Å². The molecule has 0 radical (unpaired) electrons. The molecule has 0 fully saturated rings. The van der Waals surface area contributed by atoms with Gasteiger partial charge in [0.05, 0.1) is 23.9 Å². The van der Waals surface area contributed by atoms with E-state index in [-0.39, 0.29) is 27.8 Å². The molecule has 1 aromatic heterocycles. The summed E-state index contributed by atoms with van der Waals surface area (Å²) >= 11 is 7.49. The average Bonchev–Trinajstić information content (AvgIpc) is 3.27. The lowest BCUT2D eigenvalue weighted by Crippen LogP contribution is -2.32. The molecule has 3 N–H and O–H groups in total. The summed E-state index contributed by atoms with van der Waals surface area (Å²) in [6.07, 6.45) is 2.94. The molecule has 9 heteroatoms. The number of ether oxygens (including phenoxy) is 1. The number of rotatable bonds is 7. The van der Waals surface area contributed by atoms with E-state index < -0.39 is 11.8 Å². The Kier molecular flexibility index (Phi) is 7.42. The van der Waals surface area contributed by atoms with Crippen molar-refractivity contribution in [2.24, 2.45) is 5.10 Å². The van der Waals surface area contributed by atoms with Crippen LogP contribution in [0.5, 0.6) is 11.5 Å². The van der Waals surface area contributed by atoms with Gasteiger partial charge in [-0.1, -0.05) is 29.8 Å². The fourth-order valence-electron chi connectivity index (χ4n) is 2.51. The van der Waals surface area contributed by atoms with Crippen molar-refractivity contribution in [2.45, 2.75) is 0 Å². The molecule has 0 atom stereocenters. The zero-order chi connectivity index (χ0) is 22.2. The number of hydrogen-bond donors (Lipinski definition) is 3. The quantitative estimate of drug-likeness (QED) is 0.284. The summed E-state index contributed by atoms with van der Waals surface area (Å²) in [7, 11) is 1.43. The van der Waals surface area contributed by atoms with Crippen molar-refractivity contribution in [1.82, 2.24) is 10.7 Å². The van der Waals surface area contributed by atoms with Crippen molar-refractivity contribution in [1.29, 1.82) is 0 Å². The predicted molar refractivity (Wildman–Crippen MR) is 122 cm³/mol. The topological polar surface area (TPSA) is 100 Å². The Morgan fingerprint density at radius 3 is 2.68 bits per heavy atom. The van der Waals surface area contributed by atoms with Crippen LogP contribution in [0.3, 0.4) is 0 Å². The van der Waals surface area contributed by atoms with Crippen LogP contribution < -0.4 is 15.5 Å². The summed E-state index contributed by atoms with van der Waals surface area (Å²) < 4.78 is 5.04. The number of nitrogens with zero attached hydrogens (tertiary/aromatic N) is 1. The summed E-state index contributed by atoms with van der Waals surface area (Å²) in [6, 6.07) is 14.8. The van der Waals surface area contributed by atoms with Gasteiger partial charge in [-0.25, -0.2) is 5.43 Å². The molecule has 3 aromatic rings. The lowest BCUT2D eigenvalue weighted by atomic mass is 10.2.